The fourth-order valence-corrected chi connectivity index (χ4v) is 4.85. The Hall–Kier alpha value is -3.03. The first-order valence-corrected chi connectivity index (χ1v) is 12.0. The standard InChI is InChI=1S/C26H24BrN3O2S/c1-4-13-28-24(31)23(25(32)30(26(28)33)21-10-6-5-7-11-21)15-19-14-17(2)29(18(19)3)22-12-8-9-20(27)16-22/h5-12,14-16H,4,13H2,1-3H3/b23-15+. The summed E-state index contributed by atoms with van der Waals surface area (Å²) in [6, 6.07) is 19.2. The predicted octanol–water partition coefficient (Wildman–Crippen LogP) is 5.81. The van der Waals surface area contributed by atoms with Gasteiger partial charge in [0.2, 0.25) is 0 Å². The minimum Gasteiger partial charge on any atom is -0.318 e. The monoisotopic (exact) mass is 521 g/mol. The van der Waals surface area contributed by atoms with Crippen molar-refractivity contribution in [2.24, 2.45) is 0 Å². The van der Waals surface area contributed by atoms with Gasteiger partial charge in [-0.2, -0.15) is 0 Å². The Balaban J connectivity index is 1.82. The van der Waals surface area contributed by atoms with Gasteiger partial charge in [0.1, 0.15) is 5.57 Å². The van der Waals surface area contributed by atoms with E-state index in [1.54, 1.807) is 6.08 Å². The third-order valence-electron chi connectivity index (χ3n) is 5.63. The number of carbonyl (C=O) groups excluding carboxylic acids is 2. The van der Waals surface area contributed by atoms with Gasteiger partial charge in [0.25, 0.3) is 11.8 Å². The van der Waals surface area contributed by atoms with Gasteiger partial charge in [0, 0.05) is 28.1 Å². The topological polar surface area (TPSA) is 45.6 Å². The molecule has 0 saturated carbocycles. The molecule has 2 aromatic carbocycles. The second-order valence-corrected chi connectivity index (χ2v) is 9.20. The number of para-hydroxylation sites is 1. The molecule has 1 saturated heterocycles. The molecule has 0 aliphatic carbocycles. The summed E-state index contributed by atoms with van der Waals surface area (Å²) in [7, 11) is 0. The van der Waals surface area contributed by atoms with Crippen LogP contribution in [0.15, 0.2) is 70.7 Å². The highest BCUT2D eigenvalue weighted by Gasteiger charge is 2.40. The molecule has 7 heteroatoms. The fourth-order valence-electron chi connectivity index (χ4n) is 4.10. The highest BCUT2D eigenvalue weighted by atomic mass is 79.9. The van der Waals surface area contributed by atoms with Gasteiger partial charge in [-0.05, 0) is 80.5 Å². The number of anilines is 1. The van der Waals surface area contributed by atoms with Crippen LogP contribution in [0.5, 0.6) is 0 Å². The zero-order chi connectivity index (χ0) is 23.7. The first kappa shape index (κ1) is 23.1. The Morgan fingerprint density at radius 1 is 0.939 bits per heavy atom. The maximum atomic E-state index is 13.5. The number of thiocarbonyl (C=S) groups is 1. The van der Waals surface area contributed by atoms with E-state index in [1.165, 1.54) is 9.80 Å². The molecule has 0 spiro atoms. The molecule has 1 aromatic heterocycles. The highest BCUT2D eigenvalue weighted by Crippen LogP contribution is 2.29. The molecule has 0 N–H and O–H groups in total. The van der Waals surface area contributed by atoms with Crippen LogP contribution < -0.4 is 4.90 Å². The molecular formula is C26H24BrN3O2S. The second kappa shape index (κ2) is 9.45. The van der Waals surface area contributed by atoms with E-state index in [1.807, 2.05) is 81.4 Å². The largest absolute Gasteiger partial charge is 0.318 e. The molecule has 1 aliphatic rings. The van der Waals surface area contributed by atoms with Crippen LogP contribution in [0, 0.1) is 13.8 Å². The van der Waals surface area contributed by atoms with Crippen molar-refractivity contribution in [2.45, 2.75) is 27.2 Å². The van der Waals surface area contributed by atoms with Crippen LogP contribution in [0.3, 0.4) is 0 Å². The molecule has 2 amide bonds. The van der Waals surface area contributed by atoms with Crippen LogP contribution in [0.4, 0.5) is 5.69 Å². The number of halogens is 1. The molecule has 1 fully saturated rings. The van der Waals surface area contributed by atoms with Crippen LogP contribution in [0.25, 0.3) is 11.8 Å². The first-order chi connectivity index (χ1) is 15.8. The maximum Gasteiger partial charge on any atom is 0.270 e. The number of nitrogens with zero attached hydrogens (tertiary/aromatic N) is 3. The molecule has 1 aliphatic heterocycles. The summed E-state index contributed by atoms with van der Waals surface area (Å²) >= 11 is 9.10. The molecule has 168 valence electrons. The normalized spacial score (nSPS) is 15.6. The average molecular weight is 522 g/mol. The number of amides is 2. The van der Waals surface area contributed by atoms with E-state index in [-0.39, 0.29) is 16.6 Å². The number of carbonyl (C=O) groups is 2. The number of aromatic nitrogens is 1. The van der Waals surface area contributed by atoms with E-state index in [0.717, 1.165) is 33.5 Å². The average Bonchev–Trinajstić information content (AvgIpc) is 3.07. The Morgan fingerprint density at radius 2 is 1.64 bits per heavy atom. The van der Waals surface area contributed by atoms with E-state index < -0.39 is 5.91 Å². The van der Waals surface area contributed by atoms with Crippen molar-refractivity contribution >= 4 is 56.8 Å². The molecule has 33 heavy (non-hydrogen) atoms. The third kappa shape index (κ3) is 4.30. The van der Waals surface area contributed by atoms with Crippen molar-refractivity contribution in [3.05, 3.63) is 87.7 Å². The lowest BCUT2D eigenvalue weighted by Crippen LogP contribution is -2.56. The Labute approximate surface area is 207 Å². The molecular weight excluding hydrogens is 498 g/mol. The van der Waals surface area contributed by atoms with E-state index in [9.17, 15) is 9.59 Å². The van der Waals surface area contributed by atoms with Crippen LogP contribution in [-0.2, 0) is 9.59 Å². The van der Waals surface area contributed by atoms with Gasteiger partial charge in [-0.25, -0.2) is 0 Å². The van der Waals surface area contributed by atoms with Crippen LogP contribution in [0.1, 0.15) is 30.3 Å². The van der Waals surface area contributed by atoms with Crippen LogP contribution >= 0.6 is 28.1 Å². The van der Waals surface area contributed by atoms with Crippen LogP contribution in [-0.4, -0.2) is 32.9 Å². The molecule has 4 rings (SSSR count). The first-order valence-electron chi connectivity index (χ1n) is 10.8. The smallest absolute Gasteiger partial charge is 0.270 e. The summed E-state index contributed by atoms with van der Waals surface area (Å²) < 4.78 is 3.09. The molecule has 3 aromatic rings. The van der Waals surface area contributed by atoms with Crippen molar-refractivity contribution in [1.82, 2.24) is 9.47 Å². The fraction of sp³-hybridized carbons (Fsp3) is 0.192. The second-order valence-electron chi connectivity index (χ2n) is 7.92. The summed E-state index contributed by atoms with van der Waals surface area (Å²) in [5.41, 5.74) is 4.53. The number of rotatable bonds is 5. The van der Waals surface area contributed by atoms with Gasteiger partial charge in [0.15, 0.2) is 5.11 Å². The molecule has 0 radical (unpaired) electrons. The number of hydrogen-bond acceptors (Lipinski definition) is 3. The Morgan fingerprint density at radius 3 is 2.30 bits per heavy atom. The SMILES string of the molecule is CCCN1C(=O)/C(=C\c2cc(C)n(-c3cccc(Br)c3)c2C)C(=O)N(c2ccccc2)C1=S. The quantitative estimate of drug-likeness (QED) is 0.241. The van der Waals surface area contributed by atoms with Crippen molar-refractivity contribution in [3.8, 4) is 5.69 Å². The van der Waals surface area contributed by atoms with Crippen LogP contribution in [0.2, 0.25) is 0 Å². The van der Waals surface area contributed by atoms with E-state index in [2.05, 4.69) is 20.5 Å². The minimum atomic E-state index is -0.407. The summed E-state index contributed by atoms with van der Waals surface area (Å²) in [6.45, 7) is 6.42. The van der Waals surface area contributed by atoms with E-state index >= 15 is 0 Å². The van der Waals surface area contributed by atoms with Crippen molar-refractivity contribution < 1.29 is 9.59 Å². The summed E-state index contributed by atoms with van der Waals surface area (Å²) in [6.07, 6.45) is 2.43. The van der Waals surface area contributed by atoms with Gasteiger partial charge in [-0.15, -0.1) is 0 Å². The molecule has 2 heterocycles. The summed E-state index contributed by atoms with van der Waals surface area (Å²) in [5.74, 6) is -0.762. The lowest BCUT2D eigenvalue weighted by atomic mass is 10.1. The van der Waals surface area contributed by atoms with Gasteiger partial charge in [-0.3, -0.25) is 19.4 Å². The zero-order valence-electron chi connectivity index (χ0n) is 18.7. The van der Waals surface area contributed by atoms with Crippen molar-refractivity contribution in [1.29, 1.82) is 0 Å². The number of aryl methyl sites for hydroxylation is 1. The number of hydrogen-bond donors (Lipinski definition) is 0. The highest BCUT2D eigenvalue weighted by molar-refractivity contribution is 9.10. The summed E-state index contributed by atoms with van der Waals surface area (Å²) in [4.78, 5) is 29.8. The lowest BCUT2D eigenvalue weighted by Gasteiger charge is -2.36. The minimum absolute atomic E-state index is 0.107. The predicted molar refractivity (Wildman–Crippen MR) is 139 cm³/mol. The van der Waals surface area contributed by atoms with E-state index in [4.69, 9.17) is 12.2 Å². The summed E-state index contributed by atoms with van der Waals surface area (Å²) in [5, 5.41) is 0.217. The molecule has 5 nitrogen and oxygen atoms in total. The maximum absolute atomic E-state index is 13.5. The van der Waals surface area contributed by atoms with Crippen molar-refractivity contribution in [3.63, 3.8) is 0 Å². The molecule has 0 unspecified atom stereocenters. The van der Waals surface area contributed by atoms with Gasteiger partial charge in [0.05, 0.1) is 5.69 Å². The number of benzene rings is 2. The molecule has 0 atom stereocenters. The lowest BCUT2D eigenvalue weighted by molar-refractivity contribution is -0.127. The molecule has 0 bridgehead atoms. The van der Waals surface area contributed by atoms with Crippen molar-refractivity contribution in [2.75, 3.05) is 11.4 Å². The van der Waals surface area contributed by atoms with Gasteiger partial charge >= 0.3 is 0 Å². The third-order valence-corrected chi connectivity index (χ3v) is 6.53. The van der Waals surface area contributed by atoms with Gasteiger partial charge in [-0.1, -0.05) is 47.1 Å². The zero-order valence-corrected chi connectivity index (χ0v) is 21.1. The van der Waals surface area contributed by atoms with Gasteiger partial charge < -0.3 is 4.57 Å². The Bertz CT molecular complexity index is 1280. The Kier molecular flexibility index (Phi) is 6.63. The van der Waals surface area contributed by atoms with E-state index in [0.29, 0.717) is 12.2 Å².